The molecule has 440 valence electrons. The van der Waals surface area contributed by atoms with Crippen LogP contribution in [0.4, 0.5) is 34.1 Å². The molecule has 4 aliphatic rings. The summed E-state index contributed by atoms with van der Waals surface area (Å²) in [6, 6.07) is 80.8. The highest BCUT2D eigenvalue weighted by atomic mass is 15.2. The van der Waals surface area contributed by atoms with Crippen molar-refractivity contribution < 1.29 is 0 Å². The lowest BCUT2D eigenvalue weighted by Gasteiger charge is -2.41. The van der Waals surface area contributed by atoms with Gasteiger partial charge in [0.15, 0.2) is 0 Å². The number of nitrogens with zero attached hydrogens (tertiary/aromatic N) is 4. The average molecular weight is 1180 g/mol. The smallest absolute Gasteiger partial charge is 0.333 e. The normalized spacial score (nSPS) is 13.1. The molecule has 12 aromatic carbocycles. The molecular formula is C86H70B2N4. The first-order valence-electron chi connectivity index (χ1n) is 32.9. The second-order valence-corrected chi connectivity index (χ2v) is 27.5. The molecule has 6 heterocycles. The second kappa shape index (κ2) is 19.6. The highest BCUT2D eigenvalue weighted by molar-refractivity contribution is 6.92. The molecule has 18 rings (SSSR count). The van der Waals surface area contributed by atoms with E-state index in [4.69, 9.17) is 0 Å². The zero-order chi connectivity index (χ0) is 62.6. The number of para-hydroxylation sites is 2. The quantitative estimate of drug-likeness (QED) is 0.154. The lowest BCUT2D eigenvalue weighted by molar-refractivity contribution is 1.25. The first kappa shape index (κ1) is 54.6. The predicted octanol–water partition coefficient (Wildman–Crippen LogP) is 20.0. The summed E-state index contributed by atoms with van der Waals surface area (Å²) in [7, 11) is 0. The fourth-order valence-corrected chi connectivity index (χ4v) is 18.5. The Morgan fingerprint density at radius 3 is 0.880 bits per heavy atom. The molecule has 0 N–H and O–H groups in total. The van der Waals surface area contributed by atoms with Gasteiger partial charge in [-0.1, -0.05) is 180 Å². The molecule has 92 heavy (non-hydrogen) atoms. The number of hydrogen-bond acceptors (Lipinski definition) is 2. The van der Waals surface area contributed by atoms with Crippen LogP contribution in [-0.4, -0.2) is 22.7 Å². The third-order valence-electron chi connectivity index (χ3n) is 21.3. The van der Waals surface area contributed by atoms with E-state index >= 15 is 0 Å². The van der Waals surface area contributed by atoms with E-state index in [1.54, 1.807) is 0 Å². The summed E-state index contributed by atoms with van der Waals surface area (Å²) in [5.41, 5.74) is 48.5. The number of benzene rings is 12. The third-order valence-corrected chi connectivity index (χ3v) is 21.3. The van der Waals surface area contributed by atoms with E-state index in [9.17, 15) is 0 Å². The molecule has 0 amide bonds. The molecule has 0 fully saturated rings. The maximum Gasteiger partial charge on any atom is 0.333 e. The Morgan fingerprint density at radius 2 is 0.543 bits per heavy atom. The first-order valence-corrected chi connectivity index (χ1v) is 32.9. The number of aryl methyl sites for hydroxylation is 12. The molecular weight excluding hydrogens is 1110 g/mol. The summed E-state index contributed by atoms with van der Waals surface area (Å²) in [5.74, 6) is 0. The van der Waals surface area contributed by atoms with Crippen molar-refractivity contribution in [2.75, 3.05) is 9.80 Å². The van der Waals surface area contributed by atoms with E-state index < -0.39 is 0 Å². The van der Waals surface area contributed by atoms with Crippen LogP contribution in [0.5, 0.6) is 0 Å². The van der Waals surface area contributed by atoms with Crippen LogP contribution in [0.25, 0.3) is 99.6 Å². The second-order valence-electron chi connectivity index (χ2n) is 27.5. The van der Waals surface area contributed by atoms with Crippen LogP contribution >= 0.6 is 0 Å². The lowest BCUT2D eigenvalue weighted by Crippen LogP contribution is -2.56. The molecule has 0 aliphatic carbocycles. The summed E-state index contributed by atoms with van der Waals surface area (Å²) < 4.78 is 5.63. The van der Waals surface area contributed by atoms with Crippen LogP contribution in [0.15, 0.2) is 206 Å². The van der Waals surface area contributed by atoms with E-state index in [0.717, 1.165) is 11.4 Å². The zero-order valence-electron chi connectivity index (χ0n) is 54.6. The summed E-state index contributed by atoms with van der Waals surface area (Å²) in [5, 5.41) is 2.56. The van der Waals surface area contributed by atoms with Crippen LogP contribution in [0.2, 0.25) is 0 Å². The van der Waals surface area contributed by atoms with Crippen molar-refractivity contribution in [3.63, 3.8) is 0 Å². The average Bonchev–Trinajstić information content (AvgIpc) is 1.46. The van der Waals surface area contributed by atoms with Gasteiger partial charge in [-0.05, 0) is 254 Å². The number of aromatic nitrogens is 2. The monoisotopic (exact) mass is 1180 g/mol. The van der Waals surface area contributed by atoms with E-state index in [1.165, 1.54) is 211 Å². The van der Waals surface area contributed by atoms with Crippen molar-refractivity contribution in [2.45, 2.75) is 83.1 Å². The van der Waals surface area contributed by atoms with E-state index in [-0.39, 0.29) is 13.7 Å². The van der Waals surface area contributed by atoms with Gasteiger partial charge < -0.3 is 18.8 Å². The van der Waals surface area contributed by atoms with Gasteiger partial charge in [0.05, 0.1) is 11.0 Å². The Hall–Kier alpha value is -10.3. The third kappa shape index (κ3) is 7.55. The van der Waals surface area contributed by atoms with Crippen molar-refractivity contribution >= 4 is 103 Å². The molecule has 0 radical (unpaired) electrons. The topological polar surface area (TPSA) is 16.3 Å². The van der Waals surface area contributed by atoms with Crippen LogP contribution in [0.1, 0.15) is 66.8 Å². The molecule has 4 nitrogen and oxygen atoms in total. The fourth-order valence-electron chi connectivity index (χ4n) is 18.5. The number of fused-ring (bicyclic) bond motifs is 13. The molecule has 2 aromatic heterocycles. The van der Waals surface area contributed by atoms with Gasteiger partial charge >= 0.3 is 13.7 Å². The van der Waals surface area contributed by atoms with Gasteiger partial charge in [-0.15, -0.1) is 0 Å². The van der Waals surface area contributed by atoms with Gasteiger partial charge in [-0.25, -0.2) is 0 Å². The molecule has 4 aliphatic heterocycles. The summed E-state index contributed by atoms with van der Waals surface area (Å²) in [6.45, 7) is 26.7. The van der Waals surface area contributed by atoms with Gasteiger partial charge in [0.1, 0.15) is 0 Å². The SMILES string of the molecule is Cc1cc(C)c(-c2ccc(N3c4ccc(-c5c(C)cc(C)cc5C)cc4B4c5c(cccc53)-c3cccc5c3n4c3c4cccc6c4n(c53)B3c4cc(-c5c(C)cc(C)cc5C)ccc4N(c4ccc(-c5c(C)cc(C)cc5C)cc4)c4cccc-6c43)cc2)c(C)c1. The highest BCUT2D eigenvalue weighted by Crippen LogP contribution is 2.52. The zero-order valence-corrected chi connectivity index (χ0v) is 54.6. The van der Waals surface area contributed by atoms with Crippen LogP contribution < -0.4 is 31.7 Å². The molecule has 6 heteroatoms. The maximum atomic E-state index is 2.82. The highest BCUT2D eigenvalue weighted by Gasteiger charge is 2.48. The Morgan fingerprint density at radius 1 is 0.250 bits per heavy atom. The lowest BCUT2D eigenvalue weighted by atomic mass is 9.45. The van der Waals surface area contributed by atoms with Crippen LogP contribution in [0, 0.1) is 83.1 Å². The molecule has 0 unspecified atom stereocenters. The van der Waals surface area contributed by atoms with Crippen LogP contribution in [0.3, 0.4) is 0 Å². The minimum absolute atomic E-state index is 0.157. The Bertz CT molecular complexity index is 5180. The summed E-state index contributed by atoms with van der Waals surface area (Å²) in [4.78, 5) is 5.14. The van der Waals surface area contributed by atoms with Gasteiger partial charge in [0.25, 0.3) is 0 Å². The van der Waals surface area contributed by atoms with Crippen molar-refractivity contribution in [3.8, 4) is 66.8 Å². The van der Waals surface area contributed by atoms with E-state index in [2.05, 4.69) is 308 Å². The van der Waals surface area contributed by atoms with Crippen LogP contribution in [-0.2, 0) is 0 Å². The largest absolute Gasteiger partial charge is 0.374 e. The number of rotatable bonds is 6. The van der Waals surface area contributed by atoms with Crippen molar-refractivity contribution in [2.24, 2.45) is 0 Å². The molecule has 0 saturated carbocycles. The summed E-state index contributed by atoms with van der Waals surface area (Å²) >= 11 is 0. The van der Waals surface area contributed by atoms with E-state index in [1.807, 2.05) is 0 Å². The standard InChI is InChI=1S/C86H70B2N4/c1-47-37-51(5)77(52(6)38-47)59-25-31-63(32-26-59)89-73-35-29-61(79-55(9)41-49(3)42-56(79)10)45-71(73)87-81-65(17-15-23-75(81)89)67-19-13-21-69-83(67)91(87)85-70-22-14-20-68-66-18-16-24-76-82(66)88(92(84(68)70)86(69)85)72-46-62(80-57(11)43-50(4)44-58(80)12)30-36-74(72)90(76)64-33-27-60(28-34-64)78-53(7)39-48(2)40-54(78)8/h13-46H,1-12H3. The predicted molar refractivity (Wildman–Crippen MR) is 395 cm³/mol. The minimum Gasteiger partial charge on any atom is -0.374 e. The van der Waals surface area contributed by atoms with Gasteiger partial charge in [0, 0.05) is 67.1 Å². The summed E-state index contributed by atoms with van der Waals surface area (Å²) in [6.07, 6.45) is 0. The van der Waals surface area contributed by atoms with Crippen molar-refractivity contribution in [1.82, 2.24) is 8.96 Å². The molecule has 0 bridgehead atoms. The Balaban J connectivity index is 0.906. The fraction of sp³-hybridized carbons (Fsp3) is 0.140. The van der Waals surface area contributed by atoms with Gasteiger partial charge in [-0.2, -0.15) is 0 Å². The maximum absolute atomic E-state index is 2.82. The number of anilines is 6. The van der Waals surface area contributed by atoms with Crippen molar-refractivity contribution in [3.05, 3.63) is 273 Å². The van der Waals surface area contributed by atoms with Gasteiger partial charge in [0.2, 0.25) is 0 Å². The molecule has 14 aromatic rings. The van der Waals surface area contributed by atoms with Gasteiger partial charge in [-0.3, -0.25) is 0 Å². The van der Waals surface area contributed by atoms with Crippen molar-refractivity contribution in [1.29, 1.82) is 0 Å². The van der Waals surface area contributed by atoms with E-state index in [0.29, 0.717) is 0 Å². The Labute approximate surface area is 540 Å². The first-order chi connectivity index (χ1) is 44.6. The molecule has 0 spiro atoms. The molecule has 0 atom stereocenters. The minimum atomic E-state index is -0.157. The Kier molecular flexibility index (Phi) is 11.6. The number of hydrogen-bond donors (Lipinski definition) is 0. The molecule has 0 saturated heterocycles.